The van der Waals surface area contributed by atoms with Crippen LogP contribution < -0.4 is 9.80 Å². The Bertz CT molecular complexity index is 1870. The van der Waals surface area contributed by atoms with E-state index in [0.29, 0.717) is 43.7 Å². The summed E-state index contributed by atoms with van der Waals surface area (Å²) in [4.78, 5) is 40.5. The number of hydrogen-bond acceptors (Lipinski definition) is 10. The number of pyridine rings is 1. The molecule has 10 nitrogen and oxygen atoms in total. The Hall–Kier alpha value is -4.83. The molecule has 5 rings (SSSR count). The van der Waals surface area contributed by atoms with Crippen LogP contribution in [0.25, 0.3) is 22.2 Å². The van der Waals surface area contributed by atoms with Gasteiger partial charge >= 0.3 is 12.1 Å². The number of carbonyl (C=O) groups excluding carboxylic acids is 2. The number of amides is 1. The van der Waals surface area contributed by atoms with Gasteiger partial charge < -0.3 is 24.2 Å². The van der Waals surface area contributed by atoms with Gasteiger partial charge in [-0.3, -0.25) is 0 Å². The Balaban J connectivity index is 1.59. The van der Waals surface area contributed by atoms with E-state index >= 15 is 4.39 Å². The molecule has 1 unspecified atom stereocenters. The van der Waals surface area contributed by atoms with Crippen molar-refractivity contribution in [2.45, 2.75) is 52.2 Å². The monoisotopic (exact) mass is 662 g/mol. The summed E-state index contributed by atoms with van der Waals surface area (Å²) < 4.78 is 40.3. The van der Waals surface area contributed by atoms with Crippen LogP contribution in [0.4, 0.5) is 30.1 Å². The third-order valence-corrected chi connectivity index (χ3v) is 8.80. The number of thiazole rings is 1. The first-order chi connectivity index (χ1) is 22.2. The molecule has 0 saturated carbocycles. The van der Waals surface area contributed by atoms with E-state index in [0.717, 1.165) is 11.3 Å². The number of rotatable bonds is 6. The number of benzene rings is 2. The number of fused-ring (bicyclic) bond motifs is 1. The van der Waals surface area contributed by atoms with Gasteiger partial charge in [-0.05, 0) is 69.2 Å². The van der Waals surface area contributed by atoms with Crippen molar-refractivity contribution >= 4 is 50.8 Å². The van der Waals surface area contributed by atoms with Gasteiger partial charge in [-0.15, -0.1) is 0 Å². The highest BCUT2D eigenvalue weighted by Crippen LogP contribution is 2.40. The zero-order chi connectivity index (χ0) is 34.2. The number of carbonyl (C=O) groups is 2. The summed E-state index contributed by atoms with van der Waals surface area (Å²) in [6.45, 7) is 9.65. The number of methoxy groups -OCH3 is 1. The molecule has 2 aromatic carbocycles. The zero-order valence-corrected chi connectivity index (χ0v) is 28.1. The highest BCUT2D eigenvalue weighted by molar-refractivity contribution is 7.16. The van der Waals surface area contributed by atoms with Crippen LogP contribution in [0.2, 0.25) is 0 Å². The topological polar surface area (TPSA) is 112 Å². The maximum absolute atomic E-state index is 16.1. The molecule has 0 bridgehead atoms. The second-order valence-corrected chi connectivity index (χ2v) is 13.5. The molecule has 246 valence electrons. The molecule has 1 aliphatic rings. The van der Waals surface area contributed by atoms with Crippen molar-refractivity contribution in [1.29, 1.82) is 5.26 Å². The number of esters is 1. The van der Waals surface area contributed by atoms with Gasteiger partial charge in [-0.25, -0.2) is 28.3 Å². The Morgan fingerprint density at radius 3 is 2.43 bits per heavy atom. The maximum Gasteiger partial charge on any atom is 0.410 e. The lowest BCUT2D eigenvalue weighted by Crippen LogP contribution is -2.58. The molecule has 0 radical (unpaired) electrons. The minimum atomic E-state index is -0.919. The molecular weight excluding hydrogens is 626 g/mol. The van der Waals surface area contributed by atoms with Gasteiger partial charge in [0.05, 0.1) is 19.3 Å². The fourth-order valence-corrected chi connectivity index (χ4v) is 6.23. The van der Waals surface area contributed by atoms with Crippen molar-refractivity contribution in [2.24, 2.45) is 0 Å². The zero-order valence-electron chi connectivity index (χ0n) is 27.3. The van der Waals surface area contributed by atoms with Crippen LogP contribution in [0, 0.1) is 23.0 Å². The van der Waals surface area contributed by atoms with Crippen LogP contribution in [0.15, 0.2) is 42.5 Å². The van der Waals surface area contributed by atoms with E-state index in [1.165, 1.54) is 30.2 Å². The lowest BCUT2D eigenvalue weighted by molar-refractivity contribution is -0.143. The number of ether oxygens (including phenoxy) is 2. The molecule has 1 amide bonds. The molecule has 47 heavy (non-hydrogen) atoms. The summed E-state index contributed by atoms with van der Waals surface area (Å²) in [5.41, 5.74) is 2.08. The SMILES string of the molecule is COC(=O)C1CN(C(=O)OC(C)(C)C)CCN1c1cc(F)c2nc(C(C)C)cc(N(C)c3nc(-c4ccc(F)cc4)c(C#N)s3)c2c1. The molecule has 1 aliphatic heterocycles. The third-order valence-electron chi connectivity index (χ3n) is 7.76. The molecule has 4 aromatic rings. The van der Waals surface area contributed by atoms with Gasteiger partial charge in [0.25, 0.3) is 0 Å². The first-order valence-corrected chi connectivity index (χ1v) is 15.9. The van der Waals surface area contributed by atoms with Gasteiger partial charge in [0.1, 0.15) is 39.6 Å². The van der Waals surface area contributed by atoms with Crippen LogP contribution in [-0.2, 0) is 14.3 Å². The largest absolute Gasteiger partial charge is 0.467 e. The molecule has 3 heterocycles. The number of aromatic nitrogens is 2. The second kappa shape index (κ2) is 13.1. The molecule has 0 aliphatic carbocycles. The summed E-state index contributed by atoms with van der Waals surface area (Å²) in [5, 5.41) is 10.8. The molecule has 13 heteroatoms. The van der Waals surface area contributed by atoms with Gasteiger partial charge in [0.15, 0.2) is 10.9 Å². The van der Waals surface area contributed by atoms with E-state index in [9.17, 15) is 19.2 Å². The first kappa shape index (κ1) is 33.5. The number of halogens is 2. The van der Waals surface area contributed by atoms with Gasteiger partial charge in [-0.2, -0.15) is 5.26 Å². The van der Waals surface area contributed by atoms with Crippen molar-refractivity contribution in [3.05, 3.63) is 64.7 Å². The number of nitriles is 1. The summed E-state index contributed by atoms with van der Waals surface area (Å²) in [6.07, 6.45) is -0.551. The molecule has 0 N–H and O–H groups in total. The summed E-state index contributed by atoms with van der Waals surface area (Å²) in [5.74, 6) is -1.60. The molecule has 1 atom stereocenters. The lowest BCUT2D eigenvalue weighted by atomic mass is 10.0. The predicted octanol–water partition coefficient (Wildman–Crippen LogP) is 7.00. The standard InChI is InChI=1S/C34H36F2N6O4S/c1-19(2)25-16-26(40(6)32-39-29(28(17-37)47-32)20-8-10-21(35)11-9-20)23-14-22(15-24(36)30(23)38-25)42-13-12-41(18-27(42)31(43)45-7)33(44)46-34(3,4)5/h8-11,14-16,19,27H,12-13,18H2,1-7H3. The van der Waals surface area contributed by atoms with Crippen molar-refractivity contribution in [3.8, 4) is 17.3 Å². The van der Waals surface area contributed by atoms with Crippen LogP contribution in [0.3, 0.4) is 0 Å². The van der Waals surface area contributed by atoms with E-state index in [-0.39, 0.29) is 31.1 Å². The van der Waals surface area contributed by atoms with Crippen LogP contribution in [-0.4, -0.2) is 72.4 Å². The highest BCUT2D eigenvalue weighted by atomic mass is 32.1. The minimum absolute atomic E-state index is 0.0131. The minimum Gasteiger partial charge on any atom is -0.467 e. The Morgan fingerprint density at radius 1 is 1.11 bits per heavy atom. The van der Waals surface area contributed by atoms with E-state index in [4.69, 9.17) is 14.5 Å². The predicted molar refractivity (Wildman–Crippen MR) is 177 cm³/mol. The smallest absolute Gasteiger partial charge is 0.410 e. The summed E-state index contributed by atoms with van der Waals surface area (Å²) >= 11 is 1.16. The fraction of sp³-hybridized carbons (Fsp3) is 0.382. The fourth-order valence-electron chi connectivity index (χ4n) is 5.37. The lowest BCUT2D eigenvalue weighted by Gasteiger charge is -2.41. The van der Waals surface area contributed by atoms with E-state index < -0.39 is 35.3 Å². The molecule has 1 fully saturated rings. The maximum atomic E-state index is 16.1. The van der Waals surface area contributed by atoms with Crippen molar-refractivity contribution in [1.82, 2.24) is 14.9 Å². The number of hydrogen-bond donors (Lipinski definition) is 0. The van der Waals surface area contributed by atoms with E-state index in [2.05, 4.69) is 11.1 Å². The van der Waals surface area contributed by atoms with Gasteiger partial charge in [0.2, 0.25) is 0 Å². The Labute approximate surface area is 276 Å². The number of piperazine rings is 1. The first-order valence-electron chi connectivity index (χ1n) is 15.1. The van der Waals surface area contributed by atoms with Gasteiger partial charge in [-0.1, -0.05) is 25.2 Å². The summed E-state index contributed by atoms with van der Waals surface area (Å²) in [6, 6.07) is 12.0. The number of anilines is 3. The van der Waals surface area contributed by atoms with Crippen LogP contribution in [0.5, 0.6) is 0 Å². The highest BCUT2D eigenvalue weighted by Gasteiger charge is 2.37. The summed E-state index contributed by atoms with van der Waals surface area (Å²) in [7, 11) is 3.04. The van der Waals surface area contributed by atoms with Crippen molar-refractivity contribution < 1.29 is 27.8 Å². The van der Waals surface area contributed by atoms with Crippen molar-refractivity contribution in [3.63, 3.8) is 0 Å². The average Bonchev–Trinajstić information content (AvgIpc) is 3.47. The average molecular weight is 663 g/mol. The third kappa shape index (κ3) is 6.97. The molecule has 0 spiro atoms. The van der Waals surface area contributed by atoms with E-state index in [1.54, 1.807) is 55.8 Å². The van der Waals surface area contributed by atoms with Crippen LogP contribution >= 0.6 is 11.3 Å². The Morgan fingerprint density at radius 2 is 1.81 bits per heavy atom. The van der Waals surface area contributed by atoms with E-state index in [1.807, 2.05) is 19.9 Å². The normalized spacial score (nSPS) is 15.1. The second-order valence-electron chi connectivity index (χ2n) is 12.6. The van der Waals surface area contributed by atoms with Crippen LogP contribution in [0.1, 0.15) is 51.1 Å². The molecule has 2 aromatic heterocycles. The quantitative estimate of drug-likeness (QED) is 0.202. The van der Waals surface area contributed by atoms with Crippen molar-refractivity contribution in [2.75, 3.05) is 43.6 Å². The Kier molecular flexibility index (Phi) is 9.36. The number of nitrogens with zero attached hydrogens (tertiary/aromatic N) is 6. The molecular formula is C34H36F2N6O4S. The molecule has 1 saturated heterocycles. The van der Waals surface area contributed by atoms with Gasteiger partial charge in [0, 0.05) is 42.5 Å².